The van der Waals surface area contributed by atoms with E-state index < -0.39 is 4.92 Å². The highest BCUT2D eigenvalue weighted by Gasteiger charge is 2.33. The van der Waals surface area contributed by atoms with Gasteiger partial charge in [0.05, 0.1) is 15.5 Å². The number of benzene rings is 2. The minimum Gasteiger partial charge on any atom is -0.268 e. The molecule has 2 aromatic rings. The first-order valence-corrected chi connectivity index (χ1v) is 9.42. The molecule has 0 unspecified atom stereocenters. The Kier molecular flexibility index (Phi) is 5.74. The first-order chi connectivity index (χ1) is 12.8. The van der Waals surface area contributed by atoms with Crippen LogP contribution in [-0.2, 0) is 4.79 Å². The predicted octanol–water partition coefficient (Wildman–Crippen LogP) is 5.43. The summed E-state index contributed by atoms with van der Waals surface area (Å²) in [6, 6.07) is 13.5. The van der Waals surface area contributed by atoms with Crippen molar-refractivity contribution in [3.8, 4) is 0 Å². The Morgan fingerprint density at radius 2 is 1.81 bits per heavy atom. The van der Waals surface area contributed by atoms with Crippen molar-refractivity contribution in [3.63, 3.8) is 0 Å². The zero-order valence-corrected chi connectivity index (χ0v) is 16.5. The van der Waals surface area contributed by atoms with E-state index in [0.717, 1.165) is 5.56 Å². The highest BCUT2D eigenvalue weighted by Crippen LogP contribution is 2.36. The molecule has 0 atom stereocenters. The molecule has 5 nitrogen and oxygen atoms in total. The maximum Gasteiger partial charge on any atom is 0.270 e. The van der Waals surface area contributed by atoms with Gasteiger partial charge in [-0.05, 0) is 48.9 Å². The molecular formula is C19H13ClN2O3S2. The van der Waals surface area contributed by atoms with E-state index in [1.807, 2.05) is 31.2 Å². The van der Waals surface area contributed by atoms with E-state index in [-0.39, 0.29) is 11.6 Å². The normalized spacial score (nSPS) is 16.3. The van der Waals surface area contributed by atoms with Gasteiger partial charge in [-0.25, -0.2) is 0 Å². The van der Waals surface area contributed by atoms with Gasteiger partial charge in [-0.3, -0.25) is 19.8 Å². The van der Waals surface area contributed by atoms with E-state index in [0.29, 0.717) is 25.5 Å². The highest BCUT2D eigenvalue weighted by atomic mass is 35.5. The molecule has 1 saturated heterocycles. The van der Waals surface area contributed by atoms with Gasteiger partial charge < -0.3 is 0 Å². The zero-order valence-electron chi connectivity index (χ0n) is 14.1. The number of halogens is 1. The Morgan fingerprint density at radius 3 is 2.41 bits per heavy atom. The second-order valence-corrected chi connectivity index (χ2v) is 7.84. The van der Waals surface area contributed by atoms with Gasteiger partial charge in [-0.15, -0.1) is 0 Å². The number of nitrogens with zero attached hydrogens (tertiary/aromatic N) is 2. The largest absolute Gasteiger partial charge is 0.270 e. The molecule has 2 aromatic carbocycles. The number of aryl methyl sites for hydroxylation is 1. The number of rotatable bonds is 4. The van der Waals surface area contributed by atoms with Crippen LogP contribution in [0.25, 0.3) is 6.08 Å². The summed E-state index contributed by atoms with van der Waals surface area (Å²) in [6.45, 7) is 1.97. The third kappa shape index (κ3) is 4.44. The fourth-order valence-corrected chi connectivity index (χ4v) is 3.99. The van der Waals surface area contributed by atoms with E-state index >= 15 is 0 Å². The number of carbonyl (C=O) groups excluding carboxylic acids is 1. The van der Waals surface area contributed by atoms with Crippen molar-refractivity contribution in [3.05, 3.63) is 85.8 Å². The quantitative estimate of drug-likeness (QED) is 0.287. The van der Waals surface area contributed by atoms with Crippen molar-refractivity contribution in [1.29, 1.82) is 0 Å². The van der Waals surface area contributed by atoms with Crippen LogP contribution in [0.4, 0.5) is 11.4 Å². The molecule has 0 saturated carbocycles. The Labute approximate surface area is 170 Å². The van der Waals surface area contributed by atoms with Crippen molar-refractivity contribution in [1.82, 2.24) is 0 Å². The summed E-state index contributed by atoms with van der Waals surface area (Å²) in [5, 5.41) is 11.0. The first kappa shape index (κ1) is 19.3. The first-order valence-electron chi connectivity index (χ1n) is 7.81. The maximum atomic E-state index is 12.7. The van der Waals surface area contributed by atoms with Crippen LogP contribution in [0, 0.1) is 17.0 Å². The third-order valence-corrected chi connectivity index (χ3v) is 5.28. The molecule has 1 fully saturated rings. The minimum atomic E-state index is -0.467. The van der Waals surface area contributed by atoms with Crippen LogP contribution in [0.2, 0.25) is 0 Å². The van der Waals surface area contributed by atoms with E-state index in [1.165, 1.54) is 28.8 Å². The van der Waals surface area contributed by atoms with Crippen LogP contribution >= 0.6 is 35.6 Å². The lowest BCUT2D eigenvalue weighted by Gasteiger charge is -2.14. The van der Waals surface area contributed by atoms with E-state index in [2.05, 4.69) is 0 Å². The lowest BCUT2D eigenvalue weighted by molar-refractivity contribution is -0.384. The lowest BCUT2D eigenvalue weighted by Crippen LogP contribution is -2.27. The van der Waals surface area contributed by atoms with Crippen LogP contribution in [0.3, 0.4) is 0 Å². The van der Waals surface area contributed by atoms with Crippen molar-refractivity contribution in [2.45, 2.75) is 6.92 Å². The monoisotopic (exact) mass is 416 g/mol. The average molecular weight is 417 g/mol. The Bertz CT molecular complexity index is 983. The molecule has 0 radical (unpaired) electrons. The minimum absolute atomic E-state index is 0.00208. The molecule has 0 aromatic heterocycles. The number of thioether (sulfide) groups is 1. The Morgan fingerprint density at radius 1 is 1.19 bits per heavy atom. The number of nitro groups is 1. The van der Waals surface area contributed by atoms with Gasteiger partial charge in [0.2, 0.25) is 0 Å². The molecule has 1 heterocycles. The number of carbonyl (C=O) groups is 1. The zero-order chi connectivity index (χ0) is 19.6. The van der Waals surface area contributed by atoms with Crippen LogP contribution < -0.4 is 4.90 Å². The molecule has 0 spiro atoms. The van der Waals surface area contributed by atoms with Crippen LogP contribution in [-0.4, -0.2) is 15.2 Å². The van der Waals surface area contributed by atoms with Crippen molar-refractivity contribution >= 4 is 63.3 Å². The standard InChI is InChI=1S/C19H13ClN2O3S2/c1-12-2-6-15(7-3-12)21-18(23)17(27-19(21)26)11-14(20)10-13-4-8-16(9-5-13)22(24)25/h2-11H,1H3/b14-10-,17-11-. The smallest absolute Gasteiger partial charge is 0.268 e. The molecule has 1 aliphatic rings. The van der Waals surface area contributed by atoms with Gasteiger partial charge in [0.15, 0.2) is 4.32 Å². The van der Waals surface area contributed by atoms with Gasteiger partial charge in [0, 0.05) is 17.2 Å². The molecule has 0 aliphatic carbocycles. The average Bonchev–Trinajstić information content (AvgIpc) is 2.90. The van der Waals surface area contributed by atoms with Crippen molar-refractivity contribution < 1.29 is 9.72 Å². The van der Waals surface area contributed by atoms with Crippen LogP contribution in [0.15, 0.2) is 64.5 Å². The van der Waals surface area contributed by atoms with Gasteiger partial charge in [-0.1, -0.05) is 53.3 Å². The molecule has 1 aliphatic heterocycles. The molecule has 0 N–H and O–H groups in total. The maximum absolute atomic E-state index is 12.7. The number of non-ortho nitro benzene ring substituents is 1. The summed E-state index contributed by atoms with van der Waals surface area (Å²) in [7, 11) is 0. The van der Waals surface area contributed by atoms with Gasteiger partial charge in [0.1, 0.15) is 0 Å². The Hall–Kier alpha value is -2.48. The van der Waals surface area contributed by atoms with E-state index in [4.69, 9.17) is 23.8 Å². The summed E-state index contributed by atoms with van der Waals surface area (Å²) in [5.74, 6) is -0.232. The fourth-order valence-electron chi connectivity index (χ4n) is 2.40. The molecular weight excluding hydrogens is 404 g/mol. The second kappa shape index (κ2) is 8.04. The lowest BCUT2D eigenvalue weighted by atomic mass is 10.2. The second-order valence-electron chi connectivity index (χ2n) is 5.73. The summed E-state index contributed by atoms with van der Waals surface area (Å²) in [6.07, 6.45) is 3.18. The number of allylic oxidation sites excluding steroid dienone is 2. The SMILES string of the molecule is Cc1ccc(N2C(=O)/C(=C/C(Cl)=C/c3ccc([N+](=O)[O-])cc3)SC2=S)cc1. The Balaban J connectivity index is 1.82. The predicted molar refractivity (Wildman–Crippen MR) is 114 cm³/mol. The summed E-state index contributed by atoms with van der Waals surface area (Å²) < 4.78 is 0.440. The molecule has 8 heteroatoms. The number of nitro benzene ring substituents is 1. The summed E-state index contributed by atoms with van der Waals surface area (Å²) in [5.41, 5.74) is 2.49. The number of amides is 1. The van der Waals surface area contributed by atoms with Gasteiger partial charge >= 0.3 is 0 Å². The number of hydrogen-bond acceptors (Lipinski definition) is 5. The third-order valence-electron chi connectivity index (χ3n) is 3.76. The molecule has 27 heavy (non-hydrogen) atoms. The topological polar surface area (TPSA) is 63.5 Å². The van der Waals surface area contributed by atoms with Crippen LogP contribution in [0.5, 0.6) is 0 Å². The summed E-state index contributed by atoms with van der Waals surface area (Å²) in [4.78, 5) is 24.8. The molecule has 1 amide bonds. The number of thiocarbonyl (C=S) groups is 1. The molecule has 0 bridgehead atoms. The summed E-state index contributed by atoms with van der Waals surface area (Å²) >= 11 is 12.8. The number of anilines is 1. The van der Waals surface area contributed by atoms with Crippen LogP contribution in [0.1, 0.15) is 11.1 Å². The van der Waals surface area contributed by atoms with Gasteiger partial charge in [-0.2, -0.15) is 0 Å². The molecule has 3 rings (SSSR count). The van der Waals surface area contributed by atoms with Gasteiger partial charge in [0.25, 0.3) is 11.6 Å². The van der Waals surface area contributed by atoms with E-state index in [9.17, 15) is 14.9 Å². The van der Waals surface area contributed by atoms with Crippen molar-refractivity contribution in [2.24, 2.45) is 0 Å². The molecule has 136 valence electrons. The number of hydrogen-bond donors (Lipinski definition) is 0. The van der Waals surface area contributed by atoms with Crippen molar-refractivity contribution in [2.75, 3.05) is 4.90 Å². The van der Waals surface area contributed by atoms with E-state index in [1.54, 1.807) is 24.3 Å². The fraction of sp³-hybridized carbons (Fsp3) is 0.0526. The highest BCUT2D eigenvalue weighted by molar-refractivity contribution is 8.27.